The van der Waals surface area contributed by atoms with Crippen LogP contribution in [0.3, 0.4) is 0 Å². The van der Waals surface area contributed by atoms with Crippen molar-refractivity contribution >= 4 is 0 Å². The zero-order valence-corrected chi connectivity index (χ0v) is 10.8. The van der Waals surface area contributed by atoms with Gasteiger partial charge in [0.1, 0.15) is 5.75 Å². The Morgan fingerprint density at radius 1 is 1.29 bits per heavy atom. The van der Waals surface area contributed by atoms with Crippen molar-refractivity contribution in [1.82, 2.24) is 4.90 Å². The molecule has 0 heterocycles. The molecule has 0 aromatic heterocycles. The number of aliphatic hydroxyl groups excluding tert-OH is 1. The molecule has 4 heteroatoms. The maximum absolute atomic E-state index is 9.18. The quantitative estimate of drug-likeness (QED) is 0.776. The lowest BCUT2D eigenvalue weighted by Crippen LogP contribution is -2.39. The van der Waals surface area contributed by atoms with Gasteiger partial charge in [-0.2, -0.15) is 0 Å². The number of nitrogens with zero attached hydrogens (tertiary/aromatic N) is 1. The first-order valence-electron chi connectivity index (χ1n) is 5.85. The fourth-order valence-corrected chi connectivity index (χ4v) is 1.96. The third kappa shape index (κ3) is 3.70. The van der Waals surface area contributed by atoms with Crippen LogP contribution in [0.4, 0.5) is 0 Å². The number of hydrogen-bond acceptors (Lipinski definition) is 4. The van der Waals surface area contributed by atoms with Gasteiger partial charge in [0.25, 0.3) is 0 Å². The summed E-state index contributed by atoms with van der Waals surface area (Å²) >= 11 is 0. The van der Waals surface area contributed by atoms with Crippen LogP contribution in [0, 0.1) is 0 Å². The summed E-state index contributed by atoms with van der Waals surface area (Å²) in [6.45, 7) is 2.58. The van der Waals surface area contributed by atoms with Gasteiger partial charge in [-0.3, -0.25) is 0 Å². The molecule has 0 radical (unpaired) electrons. The molecular weight excluding hydrogens is 216 g/mol. The predicted octanol–water partition coefficient (Wildman–Crippen LogP) is 1.01. The van der Waals surface area contributed by atoms with E-state index in [0.29, 0.717) is 6.61 Å². The van der Waals surface area contributed by atoms with E-state index in [1.165, 1.54) is 0 Å². The molecule has 0 bridgehead atoms. The minimum atomic E-state index is -0.289. The number of benzene rings is 1. The van der Waals surface area contributed by atoms with Gasteiger partial charge in [0.2, 0.25) is 0 Å². The first kappa shape index (κ1) is 14.0. The van der Waals surface area contributed by atoms with E-state index in [1.54, 1.807) is 0 Å². The minimum absolute atomic E-state index is 0.00989. The fourth-order valence-electron chi connectivity index (χ4n) is 1.96. The molecule has 0 aliphatic heterocycles. The molecule has 1 rings (SSSR count). The van der Waals surface area contributed by atoms with E-state index in [-0.39, 0.29) is 18.7 Å². The fraction of sp³-hybridized carbons (Fsp3) is 0.538. The Hall–Kier alpha value is -1.10. The highest BCUT2D eigenvalue weighted by Crippen LogP contribution is 2.23. The number of likely N-dealkylation sites (N-methyl/N-ethyl adjacent to an activating group) is 1. The normalized spacial score (nSPS) is 14.7. The molecule has 17 heavy (non-hydrogen) atoms. The molecule has 0 aliphatic carbocycles. The molecule has 0 aliphatic rings. The highest BCUT2D eigenvalue weighted by atomic mass is 16.5. The zero-order chi connectivity index (χ0) is 12.8. The number of aliphatic hydroxyl groups is 1. The summed E-state index contributed by atoms with van der Waals surface area (Å²) in [7, 11) is 3.91. The van der Waals surface area contributed by atoms with Crippen LogP contribution in [0.5, 0.6) is 5.75 Å². The van der Waals surface area contributed by atoms with Gasteiger partial charge < -0.3 is 20.5 Å². The van der Waals surface area contributed by atoms with Crippen molar-refractivity contribution in [1.29, 1.82) is 0 Å². The van der Waals surface area contributed by atoms with Gasteiger partial charge in [-0.1, -0.05) is 12.1 Å². The van der Waals surface area contributed by atoms with Crippen LogP contribution in [0.2, 0.25) is 0 Å². The number of hydrogen-bond donors (Lipinski definition) is 2. The molecule has 4 nitrogen and oxygen atoms in total. The molecule has 0 fully saturated rings. The molecule has 0 spiro atoms. The zero-order valence-electron chi connectivity index (χ0n) is 10.8. The average molecular weight is 238 g/mol. The first-order chi connectivity index (χ1) is 8.10. The summed E-state index contributed by atoms with van der Waals surface area (Å²) in [4.78, 5) is 2.01. The van der Waals surface area contributed by atoms with Crippen LogP contribution in [-0.4, -0.2) is 43.4 Å². The Bertz CT molecular complexity index is 325. The summed E-state index contributed by atoms with van der Waals surface area (Å²) in [6, 6.07) is 7.56. The summed E-state index contributed by atoms with van der Waals surface area (Å²) in [5.74, 6) is 0.853. The molecule has 0 saturated heterocycles. The molecule has 2 unspecified atom stereocenters. The van der Waals surface area contributed by atoms with Crippen molar-refractivity contribution in [2.75, 3.05) is 27.3 Å². The van der Waals surface area contributed by atoms with Crippen molar-refractivity contribution in [3.8, 4) is 5.75 Å². The van der Waals surface area contributed by atoms with Gasteiger partial charge in [-0.15, -0.1) is 0 Å². The van der Waals surface area contributed by atoms with E-state index in [4.69, 9.17) is 10.5 Å². The highest BCUT2D eigenvalue weighted by molar-refractivity contribution is 5.30. The smallest absolute Gasteiger partial charge is 0.119 e. The monoisotopic (exact) mass is 238 g/mol. The number of ether oxygens (including phenoxy) is 1. The average Bonchev–Trinajstić information content (AvgIpc) is 2.31. The Kier molecular flexibility index (Phi) is 5.41. The summed E-state index contributed by atoms with van der Waals surface area (Å²) in [5, 5.41) is 9.18. The second-order valence-corrected chi connectivity index (χ2v) is 4.26. The molecule has 0 amide bonds. The van der Waals surface area contributed by atoms with Gasteiger partial charge in [-0.05, 0) is 38.7 Å². The lowest BCUT2D eigenvalue weighted by Gasteiger charge is -2.29. The van der Waals surface area contributed by atoms with Gasteiger partial charge in [-0.25, -0.2) is 0 Å². The highest BCUT2D eigenvalue weighted by Gasteiger charge is 2.21. The number of nitrogens with two attached hydrogens (primary N) is 1. The summed E-state index contributed by atoms with van der Waals surface area (Å²) < 4.78 is 5.39. The summed E-state index contributed by atoms with van der Waals surface area (Å²) in [6.07, 6.45) is 0. The van der Waals surface area contributed by atoms with Crippen molar-refractivity contribution in [3.05, 3.63) is 29.8 Å². The van der Waals surface area contributed by atoms with Crippen LogP contribution < -0.4 is 10.5 Å². The number of rotatable bonds is 6. The molecule has 2 atom stereocenters. The molecule has 96 valence electrons. The van der Waals surface area contributed by atoms with E-state index in [9.17, 15) is 5.11 Å². The molecule has 0 saturated carbocycles. The van der Waals surface area contributed by atoms with Gasteiger partial charge in [0.15, 0.2) is 0 Å². The van der Waals surface area contributed by atoms with Crippen LogP contribution >= 0.6 is 0 Å². The second kappa shape index (κ2) is 6.59. The Labute approximate surface area is 103 Å². The Balaban J connectivity index is 2.87. The first-order valence-corrected chi connectivity index (χ1v) is 5.85. The van der Waals surface area contributed by atoms with Crippen LogP contribution in [0.1, 0.15) is 18.5 Å². The van der Waals surface area contributed by atoms with Crippen molar-refractivity contribution in [2.45, 2.75) is 19.0 Å². The predicted molar refractivity (Wildman–Crippen MR) is 69.1 cm³/mol. The topological polar surface area (TPSA) is 58.7 Å². The molecule has 1 aromatic carbocycles. The SMILES string of the molecule is CCOc1ccc(C(C(N)CO)N(C)C)cc1. The van der Waals surface area contributed by atoms with Crippen molar-refractivity contribution < 1.29 is 9.84 Å². The van der Waals surface area contributed by atoms with Gasteiger partial charge in [0.05, 0.1) is 19.3 Å². The van der Waals surface area contributed by atoms with Crippen molar-refractivity contribution in [2.24, 2.45) is 5.73 Å². The standard InChI is InChI=1S/C13H22N2O2/c1-4-17-11-7-5-10(6-8-11)13(15(2)3)12(14)9-16/h5-8,12-13,16H,4,9,14H2,1-3H3. The van der Waals surface area contributed by atoms with Gasteiger partial charge >= 0.3 is 0 Å². The van der Waals surface area contributed by atoms with E-state index >= 15 is 0 Å². The Morgan fingerprint density at radius 3 is 2.29 bits per heavy atom. The van der Waals surface area contributed by atoms with Crippen molar-refractivity contribution in [3.63, 3.8) is 0 Å². The van der Waals surface area contributed by atoms with E-state index in [2.05, 4.69) is 0 Å². The minimum Gasteiger partial charge on any atom is -0.494 e. The third-order valence-electron chi connectivity index (χ3n) is 2.71. The Morgan fingerprint density at radius 2 is 1.88 bits per heavy atom. The molecule has 1 aromatic rings. The van der Waals surface area contributed by atoms with Gasteiger partial charge in [0, 0.05) is 6.04 Å². The largest absolute Gasteiger partial charge is 0.494 e. The molecular formula is C13H22N2O2. The van der Waals surface area contributed by atoms with Crippen LogP contribution in [0.25, 0.3) is 0 Å². The molecule has 3 N–H and O–H groups in total. The lowest BCUT2D eigenvalue weighted by atomic mass is 9.99. The summed E-state index contributed by atoms with van der Waals surface area (Å²) in [5.41, 5.74) is 7.01. The van der Waals surface area contributed by atoms with Crippen LogP contribution in [0.15, 0.2) is 24.3 Å². The lowest BCUT2D eigenvalue weighted by molar-refractivity contribution is 0.181. The maximum Gasteiger partial charge on any atom is 0.119 e. The van der Waals surface area contributed by atoms with E-state index in [1.807, 2.05) is 50.2 Å². The van der Waals surface area contributed by atoms with E-state index < -0.39 is 0 Å². The second-order valence-electron chi connectivity index (χ2n) is 4.26. The van der Waals surface area contributed by atoms with Crippen LogP contribution in [-0.2, 0) is 0 Å². The van der Waals surface area contributed by atoms with E-state index in [0.717, 1.165) is 11.3 Å². The maximum atomic E-state index is 9.18. The third-order valence-corrected chi connectivity index (χ3v) is 2.71.